The highest BCUT2D eigenvalue weighted by Crippen LogP contribution is 2.12. The predicted octanol–water partition coefficient (Wildman–Crippen LogP) is 2.66. The average molecular weight is 333 g/mol. The van der Waals surface area contributed by atoms with Crippen molar-refractivity contribution in [3.8, 4) is 0 Å². The fourth-order valence-electron chi connectivity index (χ4n) is 2.94. The molecule has 0 bridgehead atoms. The van der Waals surface area contributed by atoms with Crippen LogP contribution in [0.15, 0.2) is 54.9 Å². The normalized spacial score (nSPS) is 11.2. The van der Waals surface area contributed by atoms with Gasteiger partial charge in [-0.15, -0.1) is 0 Å². The maximum absolute atomic E-state index is 12.1. The lowest BCUT2D eigenvalue weighted by molar-refractivity contribution is -0.121. The Bertz CT molecular complexity index is 984. The number of carbonyl (C=O) groups is 1. The number of para-hydroxylation sites is 4. The van der Waals surface area contributed by atoms with Gasteiger partial charge in [0, 0.05) is 25.9 Å². The molecule has 1 amide bonds. The topological polar surface area (TPSA) is 75.6 Å². The van der Waals surface area contributed by atoms with Crippen LogP contribution >= 0.6 is 0 Å². The Morgan fingerprint density at radius 1 is 1.08 bits per heavy atom. The number of amides is 1. The fourth-order valence-corrected chi connectivity index (χ4v) is 2.94. The SMILES string of the molecule is O=C(CCn1cnc2ccccc21)NCCc1nc2ccccc2[nH]1. The standard InChI is InChI=1S/C19H19N5O/c25-19(10-12-24-13-21-16-7-3-4-8-17(16)24)20-11-9-18-22-14-5-1-2-6-15(14)23-18/h1-8,13H,9-12H2,(H,20,25)(H,22,23). The fraction of sp³-hybridized carbons (Fsp3) is 0.211. The highest BCUT2D eigenvalue weighted by atomic mass is 16.1. The number of H-pyrrole nitrogens is 1. The molecule has 4 rings (SSSR count). The maximum atomic E-state index is 12.1. The highest BCUT2D eigenvalue weighted by molar-refractivity contribution is 5.77. The van der Waals surface area contributed by atoms with Gasteiger partial charge in [0.1, 0.15) is 5.82 Å². The van der Waals surface area contributed by atoms with Crippen molar-refractivity contribution in [3.63, 3.8) is 0 Å². The van der Waals surface area contributed by atoms with E-state index in [9.17, 15) is 4.79 Å². The zero-order chi connectivity index (χ0) is 17.1. The van der Waals surface area contributed by atoms with Gasteiger partial charge >= 0.3 is 0 Å². The van der Waals surface area contributed by atoms with Crippen molar-refractivity contribution in [1.29, 1.82) is 0 Å². The van der Waals surface area contributed by atoms with Gasteiger partial charge in [0.15, 0.2) is 0 Å². The van der Waals surface area contributed by atoms with Crippen LogP contribution in [0.2, 0.25) is 0 Å². The molecule has 6 heteroatoms. The number of aromatic amines is 1. The molecular formula is C19H19N5O. The minimum Gasteiger partial charge on any atom is -0.356 e. The Hall–Kier alpha value is -3.15. The molecule has 126 valence electrons. The van der Waals surface area contributed by atoms with E-state index < -0.39 is 0 Å². The van der Waals surface area contributed by atoms with Crippen LogP contribution in [-0.2, 0) is 17.8 Å². The molecule has 2 aromatic carbocycles. The van der Waals surface area contributed by atoms with E-state index >= 15 is 0 Å². The summed E-state index contributed by atoms with van der Waals surface area (Å²) in [4.78, 5) is 24.2. The van der Waals surface area contributed by atoms with Crippen LogP contribution in [0.25, 0.3) is 22.1 Å². The molecule has 0 aliphatic rings. The third-order valence-corrected chi connectivity index (χ3v) is 4.23. The average Bonchev–Trinajstić information content (AvgIpc) is 3.23. The van der Waals surface area contributed by atoms with Gasteiger partial charge in [0.2, 0.25) is 5.91 Å². The minimum absolute atomic E-state index is 0.0360. The van der Waals surface area contributed by atoms with Crippen molar-refractivity contribution in [2.75, 3.05) is 6.54 Å². The number of nitrogens with zero attached hydrogens (tertiary/aromatic N) is 3. The Labute approximate surface area is 144 Å². The number of hydrogen-bond donors (Lipinski definition) is 2. The van der Waals surface area contributed by atoms with Crippen LogP contribution in [0, 0.1) is 0 Å². The van der Waals surface area contributed by atoms with Gasteiger partial charge in [0.05, 0.1) is 28.4 Å². The van der Waals surface area contributed by atoms with Gasteiger partial charge < -0.3 is 14.9 Å². The second-order valence-electron chi connectivity index (χ2n) is 5.98. The van der Waals surface area contributed by atoms with Crippen LogP contribution in [-0.4, -0.2) is 32.0 Å². The van der Waals surface area contributed by atoms with Crippen LogP contribution < -0.4 is 5.32 Å². The van der Waals surface area contributed by atoms with E-state index in [0.29, 0.717) is 25.9 Å². The number of aromatic nitrogens is 4. The summed E-state index contributed by atoms with van der Waals surface area (Å²) in [6, 6.07) is 15.9. The molecule has 0 atom stereocenters. The molecule has 2 heterocycles. The number of rotatable bonds is 6. The number of imidazole rings is 2. The molecule has 0 saturated carbocycles. The van der Waals surface area contributed by atoms with Crippen molar-refractivity contribution >= 4 is 28.0 Å². The number of nitrogens with one attached hydrogen (secondary N) is 2. The summed E-state index contributed by atoms with van der Waals surface area (Å²) in [6.45, 7) is 1.19. The number of aryl methyl sites for hydroxylation is 1. The van der Waals surface area contributed by atoms with E-state index in [0.717, 1.165) is 27.9 Å². The third-order valence-electron chi connectivity index (χ3n) is 4.23. The van der Waals surface area contributed by atoms with Crippen molar-refractivity contribution < 1.29 is 4.79 Å². The monoisotopic (exact) mass is 333 g/mol. The van der Waals surface area contributed by atoms with E-state index in [-0.39, 0.29) is 5.91 Å². The summed E-state index contributed by atoms with van der Waals surface area (Å²) in [5.41, 5.74) is 3.98. The lowest BCUT2D eigenvalue weighted by atomic mass is 10.3. The molecule has 25 heavy (non-hydrogen) atoms. The zero-order valence-electron chi connectivity index (χ0n) is 13.8. The molecule has 0 fully saturated rings. The van der Waals surface area contributed by atoms with Gasteiger partial charge in [-0.25, -0.2) is 9.97 Å². The van der Waals surface area contributed by atoms with Crippen LogP contribution in [0.4, 0.5) is 0 Å². The second kappa shape index (κ2) is 6.76. The maximum Gasteiger partial charge on any atom is 0.221 e. The first-order valence-corrected chi connectivity index (χ1v) is 8.40. The molecule has 2 aromatic heterocycles. The number of benzene rings is 2. The molecule has 0 spiro atoms. The van der Waals surface area contributed by atoms with Crippen molar-refractivity contribution in [1.82, 2.24) is 24.8 Å². The first kappa shape index (κ1) is 15.4. The third kappa shape index (κ3) is 3.38. The zero-order valence-corrected chi connectivity index (χ0v) is 13.8. The van der Waals surface area contributed by atoms with E-state index in [2.05, 4.69) is 20.3 Å². The molecule has 2 N–H and O–H groups in total. The largest absolute Gasteiger partial charge is 0.356 e. The Kier molecular flexibility index (Phi) is 4.16. The molecular weight excluding hydrogens is 314 g/mol. The summed E-state index contributed by atoms with van der Waals surface area (Å²) in [7, 11) is 0. The van der Waals surface area contributed by atoms with Gasteiger partial charge in [0.25, 0.3) is 0 Å². The predicted molar refractivity (Wildman–Crippen MR) is 97.2 cm³/mol. The van der Waals surface area contributed by atoms with Crippen LogP contribution in [0.5, 0.6) is 0 Å². The molecule has 0 aliphatic carbocycles. The Morgan fingerprint density at radius 3 is 2.76 bits per heavy atom. The Morgan fingerprint density at radius 2 is 1.88 bits per heavy atom. The molecule has 4 aromatic rings. The van der Waals surface area contributed by atoms with E-state index in [1.165, 1.54) is 0 Å². The summed E-state index contributed by atoms with van der Waals surface area (Å²) in [5.74, 6) is 0.927. The number of hydrogen-bond acceptors (Lipinski definition) is 3. The first-order valence-electron chi connectivity index (χ1n) is 8.40. The molecule has 0 saturated heterocycles. The minimum atomic E-state index is 0.0360. The van der Waals surface area contributed by atoms with E-state index in [4.69, 9.17) is 0 Å². The van der Waals surface area contributed by atoms with E-state index in [1.54, 1.807) is 6.33 Å². The lowest BCUT2D eigenvalue weighted by Gasteiger charge is -2.06. The van der Waals surface area contributed by atoms with Gasteiger partial charge in [-0.05, 0) is 24.3 Å². The summed E-state index contributed by atoms with van der Waals surface area (Å²) >= 11 is 0. The molecule has 0 unspecified atom stereocenters. The molecule has 6 nitrogen and oxygen atoms in total. The van der Waals surface area contributed by atoms with Gasteiger partial charge in [-0.3, -0.25) is 4.79 Å². The Balaban J connectivity index is 1.27. The van der Waals surface area contributed by atoms with Gasteiger partial charge in [-0.1, -0.05) is 24.3 Å². The summed E-state index contributed by atoms with van der Waals surface area (Å²) in [5, 5.41) is 2.95. The number of carbonyl (C=O) groups excluding carboxylic acids is 1. The highest BCUT2D eigenvalue weighted by Gasteiger charge is 2.06. The molecule has 0 radical (unpaired) electrons. The summed E-state index contributed by atoms with van der Waals surface area (Å²) < 4.78 is 2.01. The summed E-state index contributed by atoms with van der Waals surface area (Å²) in [6.07, 6.45) is 2.90. The number of fused-ring (bicyclic) bond motifs is 2. The lowest BCUT2D eigenvalue weighted by Crippen LogP contribution is -2.26. The first-order chi connectivity index (χ1) is 12.3. The van der Waals surface area contributed by atoms with E-state index in [1.807, 2.05) is 53.1 Å². The van der Waals surface area contributed by atoms with Crippen LogP contribution in [0.1, 0.15) is 12.2 Å². The van der Waals surface area contributed by atoms with Crippen molar-refractivity contribution in [3.05, 3.63) is 60.7 Å². The quantitative estimate of drug-likeness (QED) is 0.569. The van der Waals surface area contributed by atoms with Gasteiger partial charge in [-0.2, -0.15) is 0 Å². The van der Waals surface area contributed by atoms with Crippen LogP contribution in [0.3, 0.4) is 0 Å². The van der Waals surface area contributed by atoms with Crippen molar-refractivity contribution in [2.45, 2.75) is 19.4 Å². The second-order valence-corrected chi connectivity index (χ2v) is 5.98. The molecule has 0 aliphatic heterocycles. The smallest absolute Gasteiger partial charge is 0.221 e. The van der Waals surface area contributed by atoms with Crippen molar-refractivity contribution in [2.24, 2.45) is 0 Å².